The lowest BCUT2D eigenvalue weighted by atomic mass is 10.1. The fraction of sp³-hybridized carbons (Fsp3) is 0.556. The number of ether oxygens (including phenoxy) is 1. The van der Waals surface area contributed by atoms with E-state index in [4.69, 9.17) is 14.5 Å². The van der Waals surface area contributed by atoms with Crippen LogP contribution in [0.3, 0.4) is 0 Å². The Labute approximate surface area is 159 Å². The first kappa shape index (κ1) is 24.2. The minimum atomic E-state index is -5.54. The van der Waals surface area contributed by atoms with Crippen molar-refractivity contribution < 1.29 is 56.3 Å². The molecule has 0 spiro atoms. The molecule has 0 bridgehead atoms. The lowest BCUT2D eigenvalue weighted by molar-refractivity contribution is -0.0356. The molecular formula is C9H15FN3O13P3. The smallest absolute Gasteiger partial charge is 0.386 e. The number of aliphatic hydroxyl groups excluding tert-OH is 1. The molecule has 29 heavy (non-hydrogen) atoms. The third-order valence-electron chi connectivity index (χ3n) is 3.38. The Morgan fingerprint density at radius 3 is 2.34 bits per heavy atom. The molecule has 16 nitrogen and oxygen atoms in total. The van der Waals surface area contributed by atoms with Crippen LogP contribution < -0.4 is 16.1 Å². The van der Waals surface area contributed by atoms with Crippen molar-refractivity contribution >= 4 is 23.3 Å². The van der Waals surface area contributed by atoms with E-state index in [0.29, 0.717) is 10.8 Å². The van der Waals surface area contributed by atoms with Gasteiger partial charge in [0.25, 0.3) is 5.56 Å². The molecule has 0 saturated carbocycles. The minimum Gasteiger partial charge on any atom is -0.386 e. The van der Waals surface area contributed by atoms with Gasteiger partial charge in [-0.05, 0) is 6.92 Å². The highest BCUT2D eigenvalue weighted by molar-refractivity contribution is 7.70. The van der Waals surface area contributed by atoms with Crippen LogP contribution in [0.5, 0.6) is 0 Å². The molecule has 1 fully saturated rings. The number of nitrogens with one attached hydrogen (secondary N) is 2. The average Bonchev–Trinajstić information content (AvgIpc) is 2.74. The summed E-state index contributed by atoms with van der Waals surface area (Å²) in [7, 11) is -16.4. The Morgan fingerprint density at radius 2 is 1.79 bits per heavy atom. The summed E-state index contributed by atoms with van der Waals surface area (Å²) in [6.07, 6.45) is -6.24. The number of phosphoric acid groups is 1. The van der Waals surface area contributed by atoms with Gasteiger partial charge in [0.2, 0.25) is 5.82 Å². The van der Waals surface area contributed by atoms with Gasteiger partial charge in [-0.3, -0.25) is 18.9 Å². The van der Waals surface area contributed by atoms with Crippen molar-refractivity contribution in [1.29, 1.82) is 0 Å². The predicted octanol–water partition coefficient (Wildman–Crippen LogP) is -1.76. The van der Waals surface area contributed by atoms with Crippen molar-refractivity contribution in [1.82, 2.24) is 14.4 Å². The second kappa shape index (κ2) is 8.23. The number of aliphatic hydroxyl groups is 1. The van der Waals surface area contributed by atoms with Gasteiger partial charge in [0, 0.05) is 0 Å². The van der Waals surface area contributed by atoms with Crippen LogP contribution in [0.25, 0.3) is 0 Å². The van der Waals surface area contributed by atoms with E-state index < -0.39 is 64.9 Å². The molecule has 6 atom stereocenters. The average molecular weight is 485 g/mol. The molecule has 0 aromatic carbocycles. The molecule has 2 heterocycles. The molecule has 0 aliphatic carbocycles. The number of aromatic amines is 1. The number of halogens is 1. The van der Waals surface area contributed by atoms with Gasteiger partial charge in [0.1, 0.15) is 12.2 Å². The highest BCUT2D eigenvalue weighted by atomic mass is 31.3. The number of aromatic nitrogens is 2. The second-order valence-corrected chi connectivity index (χ2v) is 10.4. The molecule has 7 N–H and O–H groups in total. The van der Waals surface area contributed by atoms with Crippen LogP contribution in [0.4, 0.5) is 4.39 Å². The van der Waals surface area contributed by atoms with E-state index in [-0.39, 0.29) is 0 Å². The van der Waals surface area contributed by atoms with E-state index in [0.717, 1.165) is 4.86 Å². The third kappa shape index (κ3) is 6.21. The van der Waals surface area contributed by atoms with E-state index >= 15 is 0 Å². The summed E-state index contributed by atoms with van der Waals surface area (Å²) < 4.78 is 61.1. The summed E-state index contributed by atoms with van der Waals surface area (Å²) in [5.74, 6) is -1.40. The van der Waals surface area contributed by atoms with Crippen LogP contribution in [0.1, 0.15) is 13.2 Å². The largest absolute Gasteiger partial charge is 0.477 e. The zero-order valence-electron chi connectivity index (χ0n) is 14.1. The molecule has 1 saturated heterocycles. The van der Waals surface area contributed by atoms with E-state index in [1.165, 1.54) is 6.92 Å². The Kier molecular flexibility index (Phi) is 6.87. The summed E-state index contributed by atoms with van der Waals surface area (Å²) in [5, 5.41) is 10.2. The van der Waals surface area contributed by atoms with Crippen molar-refractivity contribution in [3.63, 3.8) is 0 Å². The quantitative estimate of drug-likeness (QED) is 0.212. The summed E-state index contributed by atoms with van der Waals surface area (Å²) in [5.41, 5.74) is -2.53. The first-order chi connectivity index (χ1) is 13.0. The molecule has 0 amide bonds. The van der Waals surface area contributed by atoms with Crippen LogP contribution in [0, 0.1) is 5.82 Å². The van der Waals surface area contributed by atoms with Gasteiger partial charge in [-0.15, -0.1) is 4.86 Å². The van der Waals surface area contributed by atoms with Gasteiger partial charge in [-0.2, -0.15) is 8.70 Å². The van der Waals surface area contributed by atoms with E-state index in [1.807, 2.05) is 0 Å². The fourth-order valence-corrected chi connectivity index (χ4v) is 6.08. The SMILES string of the molecule is C[C@H]1O[C@@H](n2cc(F)c(=O)[nH]c2=O)[C@H](O)[C@@H]1OP(=O)(O)NP(=O)(O)OP(=O)(O)O. The Morgan fingerprint density at radius 1 is 1.21 bits per heavy atom. The lowest BCUT2D eigenvalue weighted by Crippen LogP contribution is -2.39. The molecule has 1 aliphatic rings. The monoisotopic (exact) mass is 485 g/mol. The van der Waals surface area contributed by atoms with Crippen molar-refractivity contribution in [2.75, 3.05) is 0 Å². The molecule has 2 rings (SSSR count). The molecule has 0 radical (unpaired) electrons. The number of nitrogens with zero attached hydrogens (tertiary/aromatic N) is 1. The van der Waals surface area contributed by atoms with E-state index in [1.54, 1.807) is 4.98 Å². The maximum absolute atomic E-state index is 13.4. The van der Waals surface area contributed by atoms with Crippen LogP contribution >= 0.6 is 23.3 Å². The van der Waals surface area contributed by atoms with E-state index in [2.05, 4.69) is 8.83 Å². The molecule has 1 aromatic rings. The summed E-state index contributed by atoms with van der Waals surface area (Å²) in [4.78, 5) is 61.3. The predicted molar refractivity (Wildman–Crippen MR) is 87.7 cm³/mol. The van der Waals surface area contributed by atoms with Gasteiger partial charge >= 0.3 is 29.0 Å². The normalized spacial score (nSPS) is 29.3. The molecule has 1 aliphatic heterocycles. The highest BCUT2D eigenvalue weighted by Crippen LogP contribution is 2.60. The standard InChI is InChI=1S/C9H15FN3O13P3/c1-3-6(25-27(17,18)12-28(19,20)26-29(21,22)23)5(14)8(24-3)13-2-4(10)7(15)11-9(13)16/h2-3,5-6,8,14H,1H3,(H,11,15,16)(H2,21,22,23)(H3,12,17,18,19,20)/t3-,5-,6-,8-/m1/s1. The van der Waals surface area contributed by atoms with Gasteiger partial charge < -0.3 is 29.4 Å². The van der Waals surface area contributed by atoms with Crippen LogP contribution in [-0.2, 0) is 27.3 Å². The Hall–Kier alpha value is -1.06. The van der Waals surface area contributed by atoms with E-state index in [9.17, 15) is 42.6 Å². The van der Waals surface area contributed by atoms with Crippen LogP contribution in [-0.4, -0.2) is 52.5 Å². The van der Waals surface area contributed by atoms with Gasteiger partial charge in [-0.25, -0.2) is 18.5 Å². The molecule has 166 valence electrons. The molecule has 1 aromatic heterocycles. The number of hydrogen-bond donors (Lipinski definition) is 7. The molecule has 20 heteroatoms. The maximum Gasteiger partial charge on any atom is 0.477 e. The number of H-pyrrole nitrogens is 1. The van der Waals surface area contributed by atoms with Crippen molar-refractivity contribution in [2.24, 2.45) is 0 Å². The maximum atomic E-state index is 13.4. The third-order valence-corrected chi connectivity index (χ3v) is 7.67. The van der Waals surface area contributed by atoms with Gasteiger partial charge in [0.15, 0.2) is 6.23 Å². The first-order valence-electron chi connectivity index (χ1n) is 7.26. The lowest BCUT2D eigenvalue weighted by Gasteiger charge is -2.23. The van der Waals surface area contributed by atoms with Crippen LogP contribution in [0.2, 0.25) is 0 Å². The zero-order chi connectivity index (χ0) is 22.4. The van der Waals surface area contributed by atoms with Crippen LogP contribution in [0.15, 0.2) is 15.8 Å². The number of hydrogen-bond acceptors (Lipinski definition) is 9. The summed E-state index contributed by atoms with van der Waals surface area (Å²) >= 11 is 0. The molecular weight excluding hydrogens is 470 g/mol. The topological polar surface area (TPSA) is 247 Å². The fourth-order valence-electron chi connectivity index (χ4n) is 2.36. The minimum absolute atomic E-state index is 0.413. The first-order valence-corrected chi connectivity index (χ1v) is 11.9. The van der Waals surface area contributed by atoms with Crippen molar-refractivity contribution in [3.05, 3.63) is 32.9 Å². The zero-order valence-corrected chi connectivity index (χ0v) is 16.7. The highest BCUT2D eigenvalue weighted by Gasteiger charge is 2.48. The van der Waals surface area contributed by atoms with Crippen molar-refractivity contribution in [3.8, 4) is 0 Å². The summed E-state index contributed by atoms with van der Waals surface area (Å²) in [6, 6.07) is 0. The van der Waals surface area contributed by atoms with Crippen molar-refractivity contribution in [2.45, 2.75) is 31.5 Å². The summed E-state index contributed by atoms with van der Waals surface area (Å²) in [6.45, 7) is 1.19. The number of rotatable bonds is 7. The molecule has 2 unspecified atom stereocenters. The van der Waals surface area contributed by atoms with Gasteiger partial charge in [-0.1, -0.05) is 0 Å². The Bertz CT molecular complexity index is 1030. The van der Waals surface area contributed by atoms with Gasteiger partial charge in [0.05, 0.1) is 12.3 Å². The Balaban J connectivity index is 2.22. The second-order valence-electron chi connectivity index (χ2n) is 5.65.